The molecule has 1 aliphatic carbocycles. The summed E-state index contributed by atoms with van der Waals surface area (Å²) >= 11 is 5.10. The van der Waals surface area contributed by atoms with Gasteiger partial charge in [0.15, 0.2) is 0 Å². The summed E-state index contributed by atoms with van der Waals surface area (Å²) < 4.78 is 1.01. The van der Waals surface area contributed by atoms with Gasteiger partial charge in [0.1, 0.15) is 0 Å². The van der Waals surface area contributed by atoms with E-state index in [-0.39, 0.29) is 0 Å². The van der Waals surface area contributed by atoms with E-state index in [0.29, 0.717) is 17.8 Å². The van der Waals surface area contributed by atoms with Crippen LogP contribution >= 0.6 is 27.7 Å². The number of rotatable bonds is 3. The number of thioether (sulfide) groups is 1. The van der Waals surface area contributed by atoms with E-state index < -0.39 is 0 Å². The van der Waals surface area contributed by atoms with Gasteiger partial charge < -0.3 is 5.11 Å². The largest absolute Gasteiger partial charge is 0.396 e. The fraction of sp³-hybridized carbons (Fsp3) is 0.444. The van der Waals surface area contributed by atoms with Crippen molar-refractivity contribution in [1.29, 1.82) is 0 Å². The fourth-order valence-electron chi connectivity index (χ4n) is 1.14. The molecule has 2 atom stereocenters. The van der Waals surface area contributed by atoms with E-state index >= 15 is 0 Å². The summed E-state index contributed by atoms with van der Waals surface area (Å²) in [5.74, 6) is 0.496. The van der Waals surface area contributed by atoms with E-state index in [1.807, 2.05) is 12.1 Å². The molecule has 0 aromatic carbocycles. The minimum Gasteiger partial charge on any atom is -0.396 e. The van der Waals surface area contributed by atoms with E-state index in [1.165, 1.54) is 0 Å². The molecular formula is C9H10BrNOS. The van der Waals surface area contributed by atoms with Crippen LogP contribution < -0.4 is 0 Å². The van der Waals surface area contributed by atoms with Crippen LogP contribution in [0.25, 0.3) is 0 Å². The van der Waals surface area contributed by atoms with Crippen molar-refractivity contribution in [1.82, 2.24) is 4.98 Å². The molecule has 4 heteroatoms. The summed E-state index contributed by atoms with van der Waals surface area (Å²) in [4.78, 5) is 4.26. The first kappa shape index (κ1) is 9.49. The maximum atomic E-state index is 8.86. The molecule has 0 bridgehead atoms. The summed E-state index contributed by atoms with van der Waals surface area (Å²) in [5, 5.41) is 10.5. The Bertz CT molecular complexity index is 290. The van der Waals surface area contributed by atoms with Gasteiger partial charge in [0, 0.05) is 22.5 Å². The van der Waals surface area contributed by atoms with Gasteiger partial charge in [0.25, 0.3) is 0 Å². The van der Waals surface area contributed by atoms with Crippen LogP contribution in [-0.4, -0.2) is 21.9 Å². The number of hydrogen-bond donors (Lipinski definition) is 1. The lowest BCUT2D eigenvalue weighted by Gasteiger charge is -1.98. The predicted octanol–water partition coefficient (Wildman–Crippen LogP) is 2.32. The third-order valence-corrected chi connectivity index (χ3v) is 3.90. The number of pyridine rings is 1. The Kier molecular flexibility index (Phi) is 2.91. The third-order valence-electron chi connectivity index (χ3n) is 2.06. The number of aromatic nitrogens is 1. The van der Waals surface area contributed by atoms with Gasteiger partial charge in [0.2, 0.25) is 0 Å². The van der Waals surface area contributed by atoms with Crippen LogP contribution in [0.4, 0.5) is 0 Å². The van der Waals surface area contributed by atoms with Gasteiger partial charge in [-0.3, -0.25) is 0 Å². The molecule has 1 aromatic rings. The molecule has 2 rings (SSSR count). The fourth-order valence-corrected chi connectivity index (χ4v) is 2.57. The average Bonchev–Trinajstić information content (AvgIpc) is 2.88. The van der Waals surface area contributed by atoms with Crippen LogP contribution in [0, 0.1) is 5.92 Å². The van der Waals surface area contributed by atoms with Crippen LogP contribution in [0.5, 0.6) is 0 Å². The van der Waals surface area contributed by atoms with Gasteiger partial charge >= 0.3 is 0 Å². The highest BCUT2D eigenvalue weighted by molar-refractivity contribution is 9.10. The molecule has 1 aliphatic rings. The normalized spacial score (nSPS) is 26.0. The van der Waals surface area contributed by atoms with E-state index in [1.54, 1.807) is 18.0 Å². The number of hydrogen-bond acceptors (Lipinski definition) is 3. The first-order valence-corrected chi connectivity index (χ1v) is 5.86. The second kappa shape index (κ2) is 3.98. The second-order valence-corrected chi connectivity index (χ2v) is 5.32. The maximum Gasteiger partial charge on any atom is 0.0963 e. The van der Waals surface area contributed by atoms with Crippen molar-refractivity contribution in [3.63, 3.8) is 0 Å². The molecule has 0 aliphatic heterocycles. The number of aliphatic hydroxyl groups is 1. The Labute approximate surface area is 89.9 Å². The molecule has 13 heavy (non-hydrogen) atoms. The van der Waals surface area contributed by atoms with Crippen LogP contribution in [-0.2, 0) is 0 Å². The Hall–Kier alpha value is -0.0600. The van der Waals surface area contributed by atoms with Gasteiger partial charge in [0.05, 0.1) is 5.03 Å². The lowest BCUT2D eigenvalue weighted by Crippen LogP contribution is -1.89. The number of aliphatic hydroxyl groups excluding tert-OH is 1. The highest BCUT2D eigenvalue weighted by atomic mass is 79.9. The summed E-state index contributed by atoms with van der Waals surface area (Å²) in [6.07, 6.45) is 2.93. The van der Waals surface area contributed by atoms with Crippen molar-refractivity contribution in [2.45, 2.75) is 16.7 Å². The maximum absolute atomic E-state index is 8.86. The van der Waals surface area contributed by atoms with E-state index in [0.717, 1.165) is 15.9 Å². The Balaban J connectivity index is 1.92. The summed E-state index contributed by atoms with van der Waals surface area (Å²) in [7, 11) is 0. The lowest BCUT2D eigenvalue weighted by atomic mass is 10.5. The minimum atomic E-state index is 0.314. The van der Waals surface area contributed by atoms with E-state index in [4.69, 9.17) is 5.11 Å². The summed E-state index contributed by atoms with van der Waals surface area (Å²) in [6.45, 7) is 0.314. The number of halogens is 1. The van der Waals surface area contributed by atoms with Crippen LogP contribution in [0.2, 0.25) is 0 Å². The van der Waals surface area contributed by atoms with Crippen molar-refractivity contribution < 1.29 is 5.11 Å². The van der Waals surface area contributed by atoms with Crippen molar-refractivity contribution in [3.8, 4) is 0 Å². The SMILES string of the molecule is OCC1CC1Sc1ccc(Br)cn1. The molecular weight excluding hydrogens is 250 g/mol. The molecule has 1 aromatic heterocycles. The molecule has 1 fully saturated rings. The molecule has 2 nitrogen and oxygen atoms in total. The molecule has 0 amide bonds. The zero-order chi connectivity index (χ0) is 9.26. The second-order valence-electron chi connectivity index (χ2n) is 3.15. The van der Waals surface area contributed by atoms with Gasteiger partial charge in [-0.2, -0.15) is 0 Å². The van der Waals surface area contributed by atoms with Crippen LogP contribution in [0.3, 0.4) is 0 Å². The Morgan fingerprint density at radius 2 is 2.46 bits per heavy atom. The topological polar surface area (TPSA) is 33.1 Å². The molecule has 0 saturated heterocycles. The van der Waals surface area contributed by atoms with Crippen LogP contribution in [0.15, 0.2) is 27.8 Å². The van der Waals surface area contributed by atoms with Crippen molar-refractivity contribution in [3.05, 3.63) is 22.8 Å². The third kappa shape index (κ3) is 2.45. The summed E-state index contributed by atoms with van der Waals surface area (Å²) in [5.41, 5.74) is 0. The van der Waals surface area contributed by atoms with Gasteiger partial charge in [-0.25, -0.2) is 4.98 Å². The standard InChI is InChI=1S/C9H10BrNOS/c10-7-1-2-9(11-4-7)13-8-3-6(8)5-12/h1-2,4,6,8,12H,3,5H2. The molecule has 1 N–H and O–H groups in total. The van der Waals surface area contributed by atoms with Gasteiger partial charge in [-0.05, 0) is 40.4 Å². The van der Waals surface area contributed by atoms with E-state index in [9.17, 15) is 0 Å². The van der Waals surface area contributed by atoms with Gasteiger partial charge in [-0.1, -0.05) is 0 Å². The van der Waals surface area contributed by atoms with Crippen molar-refractivity contribution >= 4 is 27.7 Å². The minimum absolute atomic E-state index is 0.314. The van der Waals surface area contributed by atoms with E-state index in [2.05, 4.69) is 20.9 Å². The first-order chi connectivity index (χ1) is 6.29. The lowest BCUT2D eigenvalue weighted by molar-refractivity contribution is 0.277. The monoisotopic (exact) mass is 259 g/mol. The Morgan fingerprint density at radius 3 is 3.00 bits per heavy atom. The highest BCUT2D eigenvalue weighted by Gasteiger charge is 2.37. The molecule has 0 radical (unpaired) electrons. The summed E-state index contributed by atoms with van der Waals surface area (Å²) in [6, 6.07) is 3.99. The molecule has 1 saturated carbocycles. The first-order valence-electron chi connectivity index (χ1n) is 4.18. The average molecular weight is 260 g/mol. The quantitative estimate of drug-likeness (QED) is 0.905. The van der Waals surface area contributed by atoms with Crippen LogP contribution in [0.1, 0.15) is 6.42 Å². The zero-order valence-electron chi connectivity index (χ0n) is 6.98. The predicted molar refractivity (Wildman–Crippen MR) is 56.8 cm³/mol. The van der Waals surface area contributed by atoms with Crippen molar-refractivity contribution in [2.75, 3.05) is 6.61 Å². The zero-order valence-corrected chi connectivity index (χ0v) is 9.38. The smallest absolute Gasteiger partial charge is 0.0963 e. The Morgan fingerprint density at radius 1 is 1.62 bits per heavy atom. The molecule has 2 unspecified atom stereocenters. The highest BCUT2D eigenvalue weighted by Crippen LogP contribution is 2.44. The van der Waals surface area contributed by atoms with Crippen molar-refractivity contribution in [2.24, 2.45) is 5.92 Å². The molecule has 0 spiro atoms. The molecule has 1 heterocycles. The van der Waals surface area contributed by atoms with Gasteiger partial charge in [-0.15, -0.1) is 11.8 Å². The molecule has 70 valence electrons. The number of nitrogens with zero attached hydrogens (tertiary/aromatic N) is 1.